The van der Waals surface area contributed by atoms with Crippen LogP contribution >= 0.6 is 0 Å². The number of nitrogens with zero attached hydrogens (tertiary/aromatic N) is 2. The zero-order valence-corrected chi connectivity index (χ0v) is 11.2. The molecule has 1 saturated heterocycles. The Morgan fingerprint density at radius 1 is 1.47 bits per heavy atom. The van der Waals surface area contributed by atoms with Crippen LogP contribution in [0.4, 0.5) is 0 Å². The minimum absolute atomic E-state index is 0.0612. The summed E-state index contributed by atoms with van der Waals surface area (Å²) in [6.07, 6.45) is 7.90. The minimum Gasteiger partial charge on any atom is -0.459 e. The first kappa shape index (κ1) is 15.3. The van der Waals surface area contributed by atoms with Gasteiger partial charge < -0.3 is 14.7 Å². The zero-order valence-electron chi connectivity index (χ0n) is 11.2. The van der Waals surface area contributed by atoms with E-state index in [0.717, 1.165) is 13.1 Å². The third-order valence-electron chi connectivity index (χ3n) is 2.75. The zero-order chi connectivity index (χ0) is 14.1. The molecule has 0 amide bonds. The predicted molar refractivity (Wildman–Crippen MR) is 70.9 cm³/mol. The lowest BCUT2D eigenvalue weighted by Gasteiger charge is -2.24. The highest BCUT2D eigenvalue weighted by molar-refractivity contribution is 5.93. The van der Waals surface area contributed by atoms with E-state index in [1.54, 1.807) is 12.1 Å². The molecule has 0 aliphatic carbocycles. The van der Waals surface area contributed by atoms with Crippen molar-refractivity contribution < 1.29 is 14.6 Å². The van der Waals surface area contributed by atoms with Gasteiger partial charge in [0.25, 0.3) is 0 Å². The Morgan fingerprint density at radius 3 is 2.74 bits per heavy atom. The van der Waals surface area contributed by atoms with Gasteiger partial charge >= 0.3 is 5.97 Å². The Kier molecular flexibility index (Phi) is 6.69. The summed E-state index contributed by atoms with van der Waals surface area (Å²) in [5.41, 5.74) is -0.0612. The smallest absolute Gasteiger partial charge is 0.348 e. The summed E-state index contributed by atoms with van der Waals surface area (Å²) < 4.78 is 4.77. The number of aliphatic hydroxyl groups excluding tert-OH is 1. The molecular formula is C14H20N2O3. The number of allylic oxidation sites excluding steroid dienone is 2. The molecule has 1 fully saturated rings. The van der Waals surface area contributed by atoms with E-state index in [0.29, 0.717) is 0 Å². The molecule has 0 aromatic rings. The molecule has 0 spiro atoms. The van der Waals surface area contributed by atoms with Crippen molar-refractivity contribution in [2.75, 3.05) is 19.7 Å². The van der Waals surface area contributed by atoms with Crippen molar-refractivity contribution in [1.29, 1.82) is 5.26 Å². The van der Waals surface area contributed by atoms with E-state index in [1.807, 2.05) is 6.20 Å². The summed E-state index contributed by atoms with van der Waals surface area (Å²) >= 11 is 0. The molecule has 0 radical (unpaired) electrons. The molecule has 1 atom stereocenters. The molecule has 1 heterocycles. The number of hydrogen-bond donors (Lipinski definition) is 1. The first-order valence-electron chi connectivity index (χ1n) is 6.51. The second-order valence-electron chi connectivity index (χ2n) is 4.58. The quantitative estimate of drug-likeness (QED) is 0.351. The molecule has 19 heavy (non-hydrogen) atoms. The lowest BCUT2D eigenvalue weighted by molar-refractivity contribution is -0.141. The van der Waals surface area contributed by atoms with E-state index < -0.39 is 12.1 Å². The summed E-state index contributed by atoms with van der Waals surface area (Å²) in [7, 11) is 0. The summed E-state index contributed by atoms with van der Waals surface area (Å²) in [6, 6.07) is 1.80. The van der Waals surface area contributed by atoms with Gasteiger partial charge in [0.15, 0.2) is 0 Å². The fraction of sp³-hybridized carbons (Fsp3) is 0.571. The highest BCUT2D eigenvalue weighted by atomic mass is 16.5. The number of hydrogen-bond acceptors (Lipinski definition) is 5. The van der Waals surface area contributed by atoms with Crippen molar-refractivity contribution in [3.63, 3.8) is 0 Å². The normalized spacial score (nSPS) is 18.2. The molecule has 5 nitrogen and oxygen atoms in total. The molecule has 1 unspecified atom stereocenters. The van der Waals surface area contributed by atoms with Gasteiger partial charge in [-0.1, -0.05) is 0 Å². The van der Waals surface area contributed by atoms with E-state index in [9.17, 15) is 4.79 Å². The number of piperidine rings is 1. The summed E-state index contributed by atoms with van der Waals surface area (Å²) in [5, 5.41) is 17.9. The second-order valence-corrected chi connectivity index (χ2v) is 4.58. The van der Waals surface area contributed by atoms with Gasteiger partial charge in [-0.25, -0.2) is 4.79 Å². The largest absolute Gasteiger partial charge is 0.459 e. The van der Waals surface area contributed by atoms with Gasteiger partial charge in [0.2, 0.25) is 0 Å². The number of ether oxygens (including phenoxy) is 1. The Labute approximate surface area is 113 Å². The highest BCUT2D eigenvalue weighted by Crippen LogP contribution is 2.09. The lowest BCUT2D eigenvalue weighted by Crippen LogP contribution is -2.24. The molecule has 1 aliphatic heterocycles. The van der Waals surface area contributed by atoms with Gasteiger partial charge in [0.05, 0.1) is 6.10 Å². The topological polar surface area (TPSA) is 73.6 Å². The maximum Gasteiger partial charge on any atom is 0.348 e. The summed E-state index contributed by atoms with van der Waals surface area (Å²) in [5.74, 6) is -0.702. The molecular weight excluding hydrogens is 244 g/mol. The van der Waals surface area contributed by atoms with Gasteiger partial charge in [0, 0.05) is 13.1 Å². The average molecular weight is 264 g/mol. The van der Waals surface area contributed by atoms with Gasteiger partial charge in [0.1, 0.15) is 18.2 Å². The van der Waals surface area contributed by atoms with Crippen LogP contribution in [0, 0.1) is 11.3 Å². The highest BCUT2D eigenvalue weighted by Gasteiger charge is 2.10. The van der Waals surface area contributed by atoms with Crippen LogP contribution in [0.15, 0.2) is 23.9 Å². The van der Waals surface area contributed by atoms with Crippen LogP contribution in [0.25, 0.3) is 0 Å². The number of aliphatic hydroxyl groups is 1. The van der Waals surface area contributed by atoms with Crippen LogP contribution in [0.1, 0.15) is 26.2 Å². The third-order valence-corrected chi connectivity index (χ3v) is 2.75. The molecule has 5 heteroatoms. The van der Waals surface area contributed by atoms with E-state index in [4.69, 9.17) is 15.1 Å². The number of likely N-dealkylation sites (tertiary alicyclic amines) is 1. The van der Waals surface area contributed by atoms with Crippen molar-refractivity contribution in [3.8, 4) is 6.07 Å². The van der Waals surface area contributed by atoms with Gasteiger partial charge in [-0.05, 0) is 44.5 Å². The van der Waals surface area contributed by atoms with Crippen molar-refractivity contribution >= 4 is 5.97 Å². The molecule has 0 aromatic carbocycles. The standard InChI is InChI=1S/C14H20N2O3/c1-12(17)11-19-14(18)13(10-15)6-5-9-16-7-3-2-4-8-16/h5-6,9,12,17H,2-4,7-8,11H2,1H3/b9-5+,13-6+. The van der Waals surface area contributed by atoms with Gasteiger partial charge in [-0.2, -0.15) is 5.26 Å². The monoisotopic (exact) mass is 264 g/mol. The Hall–Kier alpha value is -1.80. The van der Waals surface area contributed by atoms with E-state index in [-0.39, 0.29) is 12.2 Å². The number of rotatable bonds is 5. The van der Waals surface area contributed by atoms with Crippen LogP contribution in [-0.2, 0) is 9.53 Å². The maximum absolute atomic E-state index is 11.5. The Balaban J connectivity index is 2.49. The molecule has 1 rings (SSSR count). The van der Waals surface area contributed by atoms with Crippen LogP contribution in [0.3, 0.4) is 0 Å². The molecule has 0 bridgehead atoms. The SMILES string of the molecule is CC(O)COC(=O)/C(C#N)=C/C=C/N1CCCCC1. The fourth-order valence-electron chi connectivity index (χ4n) is 1.75. The van der Waals surface area contributed by atoms with Crippen molar-refractivity contribution in [1.82, 2.24) is 4.90 Å². The van der Waals surface area contributed by atoms with Gasteiger partial charge in [-0.15, -0.1) is 0 Å². The Bertz CT molecular complexity index is 388. The second kappa shape index (κ2) is 8.33. The van der Waals surface area contributed by atoms with Crippen molar-refractivity contribution in [2.24, 2.45) is 0 Å². The van der Waals surface area contributed by atoms with Crippen LogP contribution in [0.5, 0.6) is 0 Å². The number of esters is 1. The van der Waals surface area contributed by atoms with Crippen LogP contribution in [-0.4, -0.2) is 41.8 Å². The first-order valence-corrected chi connectivity index (χ1v) is 6.51. The van der Waals surface area contributed by atoms with Crippen LogP contribution in [0.2, 0.25) is 0 Å². The van der Waals surface area contributed by atoms with E-state index in [2.05, 4.69) is 4.90 Å². The minimum atomic E-state index is -0.729. The number of nitriles is 1. The maximum atomic E-state index is 11.5. The molecule has 1 aliphatic rings. The van der Waals surface area contributed by atoms with Crippen molar-refractivity contribution in [2.45, 2.75) is 32.3 Å². The summed E-state index contributed by atoms with van der Waals surface area (Å²) in [4.78, 5) is 13.7. The molecule has 0 saturated carbocycles. The van der Waals surface area contributed by atoms with Crippen molar-refractivity contribution in [3.05, 3.63) is 23.9 Å². The number of carbonyl (C=O) groups is 1. The molecule has 104 valence electrons. The van der Waals surface area contributed by atoms with E-state index in [1.165, 1.54) is 32.3 Å². The van der Waals surface area contributed by atoms with E-state index >= 15 is 0 Å². The molecule has 1 N–H and O–H groups in total. The number of carbonyl (C=O) groups excluding carboxylic acids is 1. The molecule has 0 aromatic heterocycles. The fourth-order valence-corrected chi connectivity index (χ4v) is 1.75. The predicted octanol–water partition coefficient (Wildman–Crippen LogP) is 1.36. The van der Waals surface area contributed by atoms with Crippen LogP contribution < -0.4 is 0 Å². The summed E-state index contributed by atoms with van der Waals surface area (Å²) in [6.45, 7) is 3.43. The lowest BCUT2D eigenvalue weighted by atomic mass is 10.1. The third kappa shape index (κ3) is 6.07. The first-order chi connectivity index (χ1) is 9.13. The van der Waals surface area contributed by atoms with Gasteiger partial charge in [-0.3, -0.25) is 0 Å². The average Bonchev–Trinajstić information content (AvgIpc) is 2.42. The Morgan fingerprint density at radius 2 is 2.16 bits per heavy atom.